The van der Waals surface area contributed by atoms with Crippen LogP contribution in [0.4, 0.5) is 5.82 Å². The molecular weight excluding hydrogens is 298 g/mol. The molecule has 5 nitrogen and oxygen atoms in total. The minimum atomic E-state index is 0.226. The summed E-state index contributed by atoms with van der Waals surface area (Å²) >= 11 is 0. The Kier molecular flexibility index (Phi) is 3.22. The third kappa shape index (κ3) is 2.27. The van der Waals surface area contributed by atoms with Gasteiger partial charge in [-0.05, 0) is 30.3 Å². The van der Waals surface area contributed by atoms with Crippen molar-refractivity contribution in [2.24, 2.45) is 0 Å². The number of hydrogen-bond acceptors (Lipinski definition) is 4. The fourth-order valence-electron chi connectivity index (χ4n) is 2.78. The summed E-state index contributed by atoms with van der Waals surface area (Å²) in [5, 5.41) is 9.44. The maximum Gasteiger partial charge on any atom is 0.142 e. The molecule has 0 radical (unpaired) electrons. The van der Waals surface area contributed by atoms with Gasteiger partial charge in [0.2, 0.25) is 0 Å². The first-order valence-electron chi connectivity index (χ1n) is 7.44. The van der Waals surface area contributed by atoms with Crippen LogP contribution in [-0.4, -0.2) is 14.4 Å². The van der Waals surface area contributed by atoms with Crippen molar-refractivity contribution in [3.63, 3.8) is 0 Å². The van der Waals surface area contributed by atoms with E-state index in [9.17, 15) is 5.26 Å². The van der Waals surface area contributed by atoms with Gasteiger partial charge in [-0.2, -0.15) is 5.26 Å². The normalized spacial score (nSPS) is 10.6. The number of nitrogens with two attached hydrogens (primary N) is 1. The molecule has 114 valence electrons. The molecule has 2 N–H and O–H groups in total. The standard InChI is InChI=1S/C19H13N5/c20-10-17-16(13-4-3-6-22-11-13)9-18(23-19(17)21)14-8-15-5-1-2-7-24(15)12-14/h1-9,11-12H,(H2,21,23). The molecule has 0 aromatic carbocycles. The Balaban J connectivity index is 1.94. The van der Waals surface area contributed by atoms with E-state index in [1.54, 1.807) is 12.4 Å². The lowest BCUT2D eigenvalue weighted by atomic mass is 10.0. The maximum absolute atomic E-state index is 9.44. The molecule has 4 aromatic heterocycles. The molecule has 0 aliphatic rings. The molecule has 4 heterocycles. The molecule has 0 atom stereocenters. The summed E-state index contributed by atoms with van der Waals surface area (Å²) in [5.41, 5.74) is 10.7. The average Bonchev–Trinajstić information content (AvgIpc) is 3.06. The minimum absolute atomic E-state index is 0.226. The molecule has 0 bridgehead atoms. The lowest BCUT2D eigenvalue weighted by Crippen LogP contribution is -1.99. The highest BCUT2D eigenvalue weighted by molar-refractivity contribution is 5.80. The molecule has 0 fully saturated rings. The largest absolute Gasteiger partial charge is 0.383 e. The number of anilines is 1. The molecule has 0 spiro atoms. The van der Waals surface area contributed by atoms with Gasteiger partial charge in [0, 0.05) is 47.0 Å². The van der Waals surface area contributed by atoms with Crippen molar-refractivity contribution in [2.75, 3.05) is 5.73 Å². The van der Waals surface area contributed by atoms with Gasteiger partial charge in [0.05, 0.1) is 5.69 Å². The minimum Gasteiger partial charge on any atom is -0.383 e. The SMILES string of the molecule is N#Cc1c(-c2cccnc2)cc(-c2cc3ccccn3c2)nc1N. The second-order valence-electron chi connectivity index (χ2n) is 5.43. The average molecular weight is 311 g/mol. The predicted octanol–water partition coefficient (Wildman–Crippen LogP) is 3.52. The van der Waals surface area contributed by atoms with E-state index < -0.39 is 0 Å². The molecule has 0 aliphatic heterocycles. The maximum atomic E-state index is 9.44. The van der Waals surface area contributed by atoms with Gasteiger partial charge < -0.3 is 10.1 Å². The van der Waals surface area contributed by atoms with Crippen LogP contribution in [-0.2, 0) is 0 Å². The van der Waals surface area contributed by atoms with Gasteiger partial charge in [-0.25, -0.2) is 4.98 Å². The number of hydrogen-bond donors (Lipinski definition) is 1. The van der Waals surface area contributed by atoms with Crippen LogP contribution in [0.15, 0.2) is 67.3 Å². The Morgan fingerprint density at radius 1 is 1.08 bits per heavy atom. The third-order valence-corrected chi connectivity index (χ3v) is 3.93. The summed E-state index contributed by atoms with van der Waals surface area (Å²) in [7, 11) is 0. The highest BCUT2D eigenvalue weighted by atomic mass is 14.9. The first-order valence-corrected chi connectivity index (χ1v) is 7.44. The zero-order valence-electron chi connectivity index (χ0n) is 12.7. The molecule has 0 aliphatic carbocycles. The van der Waals surface area contributed by atoms with E-state index in [4.69, 9.17) is 5.73 Å². The Morgan fingerprint density at radius 2 is 2.00 bits per heavy atom. The summed E-state index contributed by atoms with van der Waals surface area (Å²) in [5.74, 6) is 0.226. The number of pyridine rings is 3. The number of nitriles is 1. The molecule has 4 rings (SSSR count). The van der Waals surface area contributed by atoms with E-state index in [1.807, 2.05) is 59.3 Å². The molecule has 0 amide bonds. The van der Waals surface area contributed by atoms with Gasteiger partial charge in [-0.15, -0.1) is 0 Å². The van der Waals surface area contributed by atoms with Crippen molar-refractivity contribution in [1.82, 2.24) is 14.4 Å². The molecule has 0 unspecified atom stereocenters. The third-order valence-electron chi connectivity index (χ3n) is 3.93. The van der Waals surface area contributed by atoms with E-state index >= 15 is 0 Å². The number of nitrogen functional groups attached to an aromatic ring is 1. The fourth-order valence-corrected chi connectivity index (χ4v) is 2.78. The van der Waals surface area contributed by atoms with Gasteiger partial charge in [0.1, 0.15) is 17.5 Å². The zero-order valence-corrected chi connectivity index (χ0v) is 12.7. The Hall–Kier alpha value is -3.65. The van der Waals surface area contributed by atoms with Gasteiger partial charge >= 0.3 is 0 Å². The second kappa shape index (κ2) is 5.52. The van der Waals surface area contributed by atoms with Crippen LogP contribution in [0.2, 0.25) is 0 Å². The van der Waals surface area contributed by atoms with Gasteiger partial charge in [0.15, 0.2) is 0 Å². The molecule has 0 saturated carbocycles. The second-order valence-corrected chi connectivity index (χ2v) is 5.43. The van der Waals surface area contributed by atoms with Crippen molar-refractivity contribution >= 4 is 11.3 Å². The van der Waals surface area contributed by atoms with Crippen LogP contribution in [0.1, 0.15) is 5.56 Å². The van der Waals surface area contributed by atoms with Crippen LogP contribution in [0, 0.1) is 11.3 Å². The van der Waals surface area contributed by atoms with E-state index in [2.05, 4.69) is 16.0 Å². The van der Waals surface area contributed by atoms with E-state index in [1.165, 1.54) is 0 Å². The first-order chi connectivity index (χ1) is 11.8. The van der Waals surface area contributed by atoms with Crippen molar-refractivity contribution < 1.29 is 0 Å². The topological polar surface area (TPSA) is 80.0 Å². The summed E-state index contributed by atoms with van der Waals surface area (Å²) in [4.78, 5) is 8.55. The quantitative estimate of drug-likeness (QED) is 0.614. The Morgan fingerprint density at radius 3 is 2.75 bits per heavy atom. The van der Waals surface area contributed by atoms with E-state index in [0.29, 0.717) is 5.56 Å². The van der Waals surface area contributed by atoms with Crippen molar-refractivity contribution in [1.29, 1.82) is 5.26 Å². The fraction of sp³-hybridized carbons (Fsp3) is 0. The van der Waals surface area contributed by atoms with Crippen molar-refractivity contribution in [3.8, 4) is 28.5 Å². The van der Waals surface area contributed by atoms with Crippen LogP contribution in [0.5, 0.6) is 0 Å². The van der Waals surface area contributed by atoms with Gasteiger partial charge in [-0.3, -0.25) is 4.98 Å². The van der Waals surface area contributed by atoms with Gasteiger partial charge in [-0.1, -0.05) is 12.1 Å². The van der Waals surface area contributed by atoms with Crippen molar-refractivity contribution in [2.45, 2.75) is 0 Å². The van der Waals surface area contributed by atoms with Gasteiger partial charge in [0.25, 0.3) is 0 Å². The summed E-state index contributed by atoms with van der Waals surface area (Å²) in [6.07, 6.45) is 7.39. The summed E-state index contributed by atoms with van der Waals surface area (Å²) in [6, 6.07) is 15.8. The summed E-state index contributed by atoms with van der Waals surface area (Å²) < 4.78 is 2.02. The highest BCUT2D eigenvalue weighted by Crippen LogP contribution is 2.31. The molecule has 4 aromatic rings. The smallest absolute Gasteiger partial charge is 0.142 e. The molecule has 5 heteroatoms. The number of fused-ring (bicyclic) bond motifs is 1. The van der Waals surface area contributed by atoms with Crippen LogP contribution in [0.3, 0.4) is 0 Å². The summed E-state index contributed by atoms with van der Waals surface area (Å²) in [6.45, 7) is 0. The van der Waals surface area contributed by atoms with Crippen LogP contribution in [0.25, 0.3) is 27.9 Å². The predicted molar refractivity (Wildman–Crippen MR) is 93.0 cm³/mol. The number of rotatable bonds is 2. The first kappa shape index (κ1) is 14.0. The molecular formula is C19H13N5. The molecule has 24 heavy (non-hydrogen) atoms. The lowest BCUT2D eigenvalue weighted by Gasteiger charge is -2.08. The van der Waals surface area contributed by atoms with E-state index in [-0.39, 0.29) is 5.82 Å². The Labute approximate surface area is 138 Å². The molecule has 0 saturated heterocycles. The number of aromatic nitrogens is 3. The zero-order chi connectivity index (χ0) is 16.5. The van der Waals surface area contributed by atoms with Crippen LogP contribution < -0.4 is 5.73 Å². The monoisotopic (exact) mass is 311 g/mol. The van der Waals surface area contributed by atoms with Crippen molar-refractivity contribution in [3.05, 3.63) is 72.8 Å². The Bertz CT molecular complexity index is 1040. The lowest BCUT2D eigenvalue weighted by molar-refractivity contribution is 1.20. The van der Waals surface area contributed by atoms with E-state index in [0.717, 1.165) is 27.9 Å². The number of nitrogens with zero attached hydrogens (tertiary/aromatic N) is 4. The van der Waals surface area contributed by atoms with Crippen LogP contribution >= 0.6 is 0 Å². The highest BCUT2D eigenvalue weighted by Gasteiger charge is 2.14.